The highest BCUT2D eigenvalue weighted by atomic mass is 19.4. The van der Waals surface area contributed by atoms with Crippen molar-refractivity contribution in [3.05, 3.63) is 52.7 Å². The highest BCUT2D eigenvalue weighted by molar-refractivity contribution is 5.62. The number of alkyl halides is 3. The molecule has 0 saturated heterocycles. The predicted molar refractivity (Wildman–Crippen MR) is 88.1 cm³/mol. The fourth-order valence-electron chi connectivity index (χ4n) is 2.78. The lowest BCUT2D eigenvalue weighted by Crippen LogP contribution is -2.45. The maximum Gasteiger partial charge on any atom is 0.424 e. The van der Waals surface area contributed by atoms with Crippen LogP contribution in [0.1, 0.15) is 12.2 Å². The third-order valence-corrected chi connectivity index (χ3v) is 4.12. The number of halogens is 3. The monoisotopic (exact) mass is 384 g/mol. The molecule has 3 aromatic rings. The molecule has 0 aliphatic carbocycles. The van der Waals surface area contributed by atoms with Crippen LogP contribution in [0.2, 0.25) is 0 Å². The maximum absolute atomic E-state index is 13.5. The molecular weight excluding hydrogens is 369 g/mol. The molecule has 0 bridgehead atoms. The second-order valence-corrected chi connectivity index (χ2v) is 5.87. The molecule has 0 spiro atoms. The normalized spacial score (nSPS) is 14.3. The lowest BCUT2D eigenvalue weighted by atomic mass is 9.97. The van der Waals surface area contributed by atoms with E-state index in [-0.39, 0.29) is 11.5 Å². The second-order valence-electron chi connectivity index (χ2n) is 5.87. The fourth-order valence-corrected chi connectivity index (χ4v) is 2.78. The molecule has 2 N–H and O–H groups in total. The molecule has 0 unspecified atom stereocenters. The van der Waals surface area contributed by atoms with Crippen molar-refractivity contribution in [3.8, 4) is 0 Å². The molecule has 3 aromatic heterocycles. The molecule has 0 radical (unpaired) electrons. The first-order valence-corrected chi connectivity index (χ1v) is 7.77. The standard InChI is InChI=1S/C15H15F3N6O3/c1-22-9-7-20-13(22)14(25,15(16,17)18)5-6-19-11-12(24(26)27)23-8-3-2-4-10(23)21-11/h2-4,7-9,19,25H,5-6H2,1H3/t14-/m0/s1. The van der Waals surface area contributed by atoms with Crippen molar-refractivity contribution in [2.45, 2.75) is 18.2 Å². The van der Waals surface area contributed by atoms with E-state index in [2.05, 4.69) is 15.3 Å². The van der Waals surface area contributed by atoms with Crippen molar-refractivity contribution in [1.29, 1.82) is 0 Å². The van der Waals surface area contributed by atoms with Gasteiger partial charge in [0, 0.05) is 38.5 Å². The SMILES string of the molecule is Cn1ccnc1[C@@](O)(CCNc1nc2ccccn2c1[N+](=O)[O-])C(F)(F)F. The minimum absolute atomic E-state index is 0.185. The summed E-state index contributed by atoms with van der Waals surface area (Å²) >= 11 is 0. The summed E-state index contributed by atoms with van der Waals surface area (Å²) in [5.74, 6) is -1.16. The van der Waals surface area contributed by atoms with Crippen LogP contribution >= 0.6 is 0 Å². The molecule has 12 heteroatoms. The molecule has 27 heavy (non-hydrogen) atoms. The first kappa shape index (κ1) is 18.6. The van der Waals surface area contributed by atoms with Gasteiger partial charge in [-0.3, -0.25) is 0 Å². The Kier molecular flexibility index (Phi) is 4.51. The average molecular weight is 384 g/mol. The summed E-state index contributed by atoms with van der Waals surface area (Å²) in [4.78, 5) is 18.2. The van der Waals surface area contributed by atoms with E-state index in [1.165, 1.54) is 29.9 Å². The molecular formula is C15H15F3N6O3. The predicted octanol–water partition coefficient (Wildman–Crippen LogP) is 2.23. The van der Waals surface area contributed by atoms with Crippen molar-refractivity contribution < 1.29 is 23.2 Å². The number of rotatable bonds is 6. The molecule has 0 aliphatic rings. The van der Waals surface area contributed by atoms with Crippen molar-refractivity contribution >= 4 is 17.3 Å². The molecule has 0 saturated carbocycles. The van der Waals surface area contributed by atoms with Crippen LogP contribution in [0.3, 0.4) is 0 Å². The number of aromatic nitrogens is 4. The van der Waals surface area contributed by atoms with E-state index in [1.807, 2.05) is 0 Å². The minimum Gasteiger partial charge on any atom is -0.374 e. The molecule has 0 aliphatic heterocycles. The van der Waals surface area contributed by atoms with E-state index in [1.54, 1.807) is 12.1 Å². The highest BCUT2D eigenvalue weighted by Gasteiger charge is 2.57. The zero-order valence-electron chi connectivity index (χ0n) is 14.0. The molecule has 0 amide bonds. The van der Waals surface area contributed by atoms with Crippen molar-refractivity contribution in [3.63, 3.8) is 0 Å². The molecule has 1 atom stereocenters. The number of hydrogen-bond donors (Lipinski definition) is 2. The molecule has 0 aromatic carbocycles. The van der Waals surface area contributed by atoms with Gasteiger partial charge in [0.2, 0.25) is 17.1 Å². The summed E-state index contributed by atoms with van der Waals surface area (Å²) in [5, 5.41) is 24.1. The minimum atomic E-state index is -4.99. The van der Waals surface area contributed by atoms with Crippen LogP contribution in [-0.4, -0.2) is 41.7 Å². The zero-order valence-corrected chi connectivity index (χ0v) is 14.0. The number of aliphatic hydroxyl groups is 1. The van der Waals surface area contributed by atoms with Crippen LogP contribution in [0.5, 0.6) is 0 Å². The fraction of sp³-hybridized carbons (Fsp3) is 0.333. The second kappa shape index (κ2) is 6.54. The number of nitrogens with one attached hydrogen (secondary N) is 1. The zero-order chi connectivity index (χ0) is 19.8. The molecule has 3 heterocycles. The summed E-state index contributed by atoms with van der Waals surface area (Å²) in [6.07, 6.45) is -1.95. The Morgan fingerprint density at radius 3 is 2.67 bits per heavy atom. The lowest BCUT2D eigenvalue weighted by molar-refractivity contribution is -0.389. The number of aryl methyl sites for hydroxylation is 1. The highest BCUT2D eigenvalue weighted by Crippen LogP contribution is 2.40. The number of fused-ring (bicyclic) bond motifs is 1. The Morgan fingerprint density at radius 1 is 1.33 bits per heavy atom. The van der Waals surface area contributed by atoms with E-state index >= 15 is 0 Å². The van der Waals surface area contributed by atoms with Crippen LogP contribution in [-0.2, 0) is 12.6 Å². The summed E-state index contributed by atoms with van der Waals surface area (Å²) in [6, 6.07) is 4.71. The first-order valence-electron chi connectivity index (χ1n) is 7.77. The number of nitro groups is 1. The van der Waals surface area contributed by atoms with E-state index in [4.69, 9.17) is 0 Å². The molecule has 0 fully saturated rings. The maximum atomic E-state index is 13.5. The van der Waals surface area contributed by atoms with Crippen LogP contribution in [0.4, 0.5) is 24.8 Å². The molecule has 144 valence electrons. The largest absolute Gasteiger partial charge is 0.424 e. The van der Waals surface area contributed by atoms with Gasteiger partial charge in [-0.15, -0.1) is 0 Å². The van der Waals surface area contributed by atoms with Crippen LogP contribution < -0.4 is 5.32 Å². The van der Waals surface area contributed by atoms with Gasteiger partial charge in [-0.25, -0.2) is 4.98 Å². The Bertz CT molecular complexity index is 983. The van der Waals surface area contributed by atoms with Crippen LogP contribution in [0, 0.1) is 10.1 Å². The van der Waals surface area contributed by atoms with Gasteiger partial charge >= 0.3 is 12.0 Å². The van der Waals surface area contributed by atoms with Crippen molar-refractivity contribution in [1.82, 2.24) is 18.9 Å². The number of imidazole rings is 2. The number of nitrogens with zero attached hydrogens (tertiary/aromatic N) is 5. The van der Waals surface area contributed by atoms with Gasteiger partial charge in [0.15, 0.2) is 0 Å². The summed E-state index contributed by atoms with van der Waals surface area (Å²) in [6.45, 7) is -0.423. The smallest absolute Gasteiger partial charge is 0.374 e. The number of pyridine rings is 1. The van der Waals surface area contributed by atoms with E-state index in [0.717, 1.165) is 10.8 Å². The summed E-state index contributed by atoms with van der Waals surface area (Å²) in [5.41, 5.74) is -2.95. The third-order valence-electron chi connectivity index (χ3n) is 4.12. The molecule has 3 rings (SSSR count). The van der Waals surface area contributed by atoms with Gasteiger partial charge in [0.25, 0.3) is 0 Å². The Hall–Kier alpha value is -3.15. The Morgan fingerprint density at radius 2 is 2.07 bits per heavy atom. The van der Waals surface area contributed by atoms with Crippen LogP contribution in [0.25, 0.3) is 5.65 Å². The first-order chi connectivity index (χ1) is 12.6. The number of hydrogen-bond acceptors (Lipinski definition) is 6. The summed E-state index contributed by atoms with van der Waals surface area (Å²) in [7, 11) is 1.33. The third kappa shape index (κ3) is 3.18. The van der Waals surface area contributed by atoms with E-state index in [9.17, 15) is 28.4 Å². The van der Waals surface area contributed by atoms with E-state index in [0.29, 0.717) is 0 Å². The van der Waals surface area contributed by atoms with Crippen molar-refractivity contribution in [2.24, 2.45) is 7.05 Å². The lowest BCUT2D eigenvalue weighted by Gasteiger charge is -2.29. The number of anilines is 1. The van der Waals surface area contributed by atoms with Crippen molar-refractivity contribution in [2.75, 3.05) is 11.9 Å². The molecule has 9 nitrogen and oxygen atoms in total. The van der Waals surface area contributed by atoms with Crippen LogP contribution in [0.15, 0.2) is 36.8 Å². The van der Waals surface area contributed by atoms with Gasteiger partial charge < -0.3 is 25.1 Å². The Balaban J connectivity index is 1.86. The summed E-state index contributed by atoms with van der Waals surface area (Å²) < 4.78 is 42.7. The van der Waals surface area contributed by atoms with Gasteiger partial charge in [-0.1, -0.05) is 6.07 Å². The Labute approximate surface area is 150 Å². The van der Waals surface area contributed by atoms with E-state index < -0.39 is 41.3 Å². The van der Waals surface area contributed by atoms with Gasteiger partial charge in [-0.2, -0.15) is 22.6 Å². The quantitative estimate of drug-likeness (QED) is 0.498. The van der Waals surface area contributed by atoms with Gasteiger partial charge in [-0.05, 0) is 11.0 Å². The topological polar surface area (TPSA) is 111 Å². The van der Waals surface area contributed by atoms with Gasteiger partial charge in [0.05, 0.1) is 6.20 Å². The average Bonchev–Trinajstić information content (AvgIpc) is 3.16. The van der Waals surface area contributed by atoms with Gasteiger partial charge in [0.1, 0.15) is 5.82 Å².